The predicted molar refractivity (Wildman–Crippen MR) is 59.4 cm³/mol. The highest BCUT2D eigenvalue weighted by molar-refractivity contribution is 6.31. The highest BCUT2D eigenvalue weighted by Gasteiger charge is 1.94. The smallest absolute Gasteiger partial charge is 0.216 e. The molecule has 0 unspecified atom stereocenters. The number of hydrogen-bond acceptors (Lipinski definition) is 2. The summed E-state index contributed by atoms with van der Waals surface area (Å²) in [5.74, 6) is 5.68. The van der Waals surface area contributed by atoms with Crippen LogP contribution >= 0.6 is 11.6 Å². The van der Waals surface area contributed by atoms with E-state index in [9.17, 15) is 4.79 Å². The van der Waals surface area contributed by atoms with Gasteiger partial charge < -0.3 is 5.32 Å². The Morgan fingerprint density at radius 3 is 3.13 bits per heavy atom. The van der Waals surface area contributed by atoms with Crippen LogP contribution in [0.1, 0.15) is 19.0 Å². The van der Waals surface area contributed by atoms with Crippen LogP contribution in [0.5, 0.6) is 0 Å². The molecule has 1 heterocycles. The molecule has 0 aromatic carbocycles. The third-order valence-corrected chi connectivity index (χ3v) is 1.89. The second kappa shape index (κ2) is 6.05. The molecule has 0 atom stereocenters. The van der Waals surface area contributed by atoms with Gasteiger partial charge in [-0.3, -0.25) is 4.79 Å². The van der Waals surface area contributed by atoms with Gasteiger partial charge in [-0.2, -0.15) is 0 Å². The lowest BCUT2D eigenvalue weighted by Crippen LogP contribution is -2.20. The van der Waals surface area contributed by atoms with Crippen molar-refractivity contribution in [3.05, 3.63) is 29.0 Å². The Morgan fingerprint density at radius 2 is 2.47 bits per heavy atom. The van der Waals surface area contributed by atoms with Crippen LogP contribution in [0, 0.1) is 11.8 Å². The van der Waals surface area contributed by atoms with E-state index in [1.165, 1.54) is 6.92 Å². The molecule has 0 aliphatic carbocycles. The molecule has 1 aromatic heterocycles. The van der Waals surface area contributed by atoms with Gasteiger partial charge in [0, 0.05) is 26.1 Å². The monoisotopic (exact) mass is 222 g/mol. The first-order valence-electron chi connectivity index (χ1n) is 4.54. The number of halogens is 1. The first kappa shape index (κ1) is 11.5. The summed E-state index contributed by atoms with van der Waals surface area (Å²) in [5.41, 5.74) is 0.571. The number of aromatic nitrogens is 1. The Hall–Kier alpha value is -1.53. The minimum absolute atomic E-state index is 0.0485. The van der Waals surface area contributed by atoms with Crippen LogP contribution in [0.25, 0.3) is 0 Å². The molecule has 4 heteroatoms. The van der Waals surface area contributed by atoms with Crippen LogP contribution in [0.15, 0.2) is 18.3 Å². The van der Waals surface area contributed by atoms with E-state index in [2.05, 4.69) is 22.1 Å². The molecule has 78 valence electrons. The summed E-state index contributed by atoms with van der Waals surface area (Å²) in [4.78, 5) is 14.6. The predicted octanol–water partition coefficient (Wildman–Crippen LogP) is 1.61. The van der Waals surface area contributed by atoms with Crippen molar-refractivity contribution in [1.29, 1.82) is 0 Å². The van der Waals surface area contributed by atoms with Crippen LogP contribution in [0.2, 0.25) is 5.02 Å². The molecule has 3 nitrogen and oxygen atoms in total. The van der Waals surface area contributed by atoms with Crippen LogP contribution in [-0.2, 0) is 4.79 Å². The van der Waals surface area contributed by atoms with Crippen molar-refractivity contribution in [3.8, 4) is 11.8 Å². The average molecular weight is 223 g/mol. The fourth-order valence-electron chi connectivity index (χ4n) is 0.925. The lowest BCUT2D eigenvalue weighted by atomic mass is 10.3. The fraction of sp³-hybridized carbons (Fsp3) is 0.273. The Labute approximate surface area is 93.9 Å². The van der Waals surface area contributed by atoms with Gasteiger partial charge in [-0.15, -0.1) is 0 Å². The topological polar surface area (TPSA) is 42.0 Å². The van der Waals surface area contributed by atoms with Gasteiger partial charge in [0.05, 0.1) is 5.02 Å². The number of carbonyl (C=O) groups is 1. The van der Waals surface area contributed by atoms with Crippen molar-refractivity contribution in [3.63, 3.8) is 0 Å². The summed E-state index contributed by atoms with van der Waals surface area (Å²) in [6.45, 7) is 2.02. The molecule has 1 aromatic rings. The second-order valence-corrected chi connectivity index (χ2v) is 3.28. The molecule has 0 fully saturated rings. The molecule has 0 spiro atoms. The molecule has 1 N–H and O–H groups in total. The van der Waals surface area contributed by atoms with E-state index < -0.39 is 0 Å². The number of rotatable bonds is 2. The third kappa shape index (κ3) is 4.48. The van der Waals surface area contributed by atoms with Crippen molar-refractivity contribution in [2.24, 2.45) is 0 Å². The van der Waals surface area contributed by atoms with Crippen molar-refractivity contribution < 1.29 is 4.79 Å². The van der Waals surface area contributed by atoms with E-state index in [0.717, 1.165) is 0 Å². The fourth-order valence-corrected chi connectivity index (χ4v) is 1.09. The van der Waals surface area contributed by atoms with Gasteiger partial charge in [0.2, 0.25) is 5.91 Å². The SMILES string of the molecule is CC(=O)NCCC#Cc1ncccc1Cl. The molecular weight excluding hydrogens is 212 g/mol. The van der Waals surface area contributed by atoms with Crippen molar-refractivity contribution in [2.75, 3.05) is 6.54 Å². The highest BCUT2D eigenvalue weighted by Crippen LogP contribution is 2.09. The van der Waals surface area contributed by atoms with E-state index in [-0.39, 0.29) is 5.91 Å². The lowest BCUT2D eigenvalue weighted by molar-refractivity contribution is -0.118. The Balaban J connectivity index is 2.45. The van der Waals surface area contributed by atoms with Gasteiger partial charge in [0.1, 0.15) is 5.69 Å². The zero-order valence-electron chi connectivity index (χ0n) is 8.38. The first-order chi connectivity index (χ1) is 7.20. The number of nitrogens with zero attached hydrogens (tertiary/aromatic N) is 1. The molecule has 0 bridgehead atoms. The Bertz CT molecular complexity index is 407. The normalized spacial score (nSPS) is 8.93. The largest absolute Gasteiger partial charge is 0.355 e. The van der Waals surface area contributed by atoms with Crippen molar-refractivity contribution in [2.45, 2.75) is 13.3 Å². The zero-order chi connectivity index (χ0) is 11.1. The van der Waals surface area contributed by atoms with Crippen LogP contribution < -0.4 is 5.32 Å². The summed E-state index contributed by atoms with van der Waals surface area (Å²) < 4.78 is 0. The molecule has 15 heavy (non-hydrogen) atoms. The number of amides is 1. The number of carbonyl (C=O) groups excluding carboxylic acids is 1. The number of hydrogen-bond donors (Lipinski definition) is 1. The molecule has 0 saturated carbocycles. The van der Waals surface area contributed by atoms with E-state index in [1.54, 1.807) is 18.3 Å². The standard InChI is InChI=1S/C11H11ClN2O/c1-9(15)13-7-3-2-6-11-10(12)5-4-8-14-11/h4-5,8H,3,7H2,1H3,(H,13,15). The summed E-state index contributed by atoms with van der Waals surface area (Å²) >= 11 is 5.85. The first-order valence-corrected chi connectivity index (χ1v) is 4.92. The molecule has 1 rings (SSSR count). The third-order valence-electron chi connectivity index (χ3n) is 1.59. The maximum Gasteiger partial charge on any atom is 0.216 e. The molecule has 0 saturated heterocycles. The minimum atomic E-state index is -0.0485. The van der Waals surface area contributed by atoms with E-state index in [0.29, 0.717) is 23.7 Å². The van der Waals surface area contributed by atoms with Gasteiger partial charge in [-0.05, 0) is 18.1 Å². The van der Waals surface area contributed by atoms with E-state index >= 15 is 0 Å². The van der Waals surface area contributed by atoms with Gasteiger partial charge in [-0.25, -0.2) is 4.98 Å². The quantitative estimate of drug-likeness (QED) is 0.610. The van der Waals surface area contributed by atoms with Gasteiger partial charge >= 0.3 is 0 Å². The minimum Gasteiger partial charge on any atom is -0.355 e. The van der Waals surface area contributed by atoms with Crippen molar-refractivity contribution >= 4 is 17.5 Å². The van der Waals surface area contributed by atoms with Gasteiger partial charge in [0.15, 0.2) is 0 Å². The Kier molecular flexibility index (Phi) is 4.65. The average Bonchev–Trinajstić information content (AvgIpc) is 2.20. The molecular formula is C11H11ClN2O. The lowest BCUT2D eigenvalue weighted by Gasteiger charge is -1.95. The summed E-state index contributed by atoms with van der Waals surface area (Å²) in [5, 5.41) is 3.20. The number of nitrogens with one attached hydrogen (secondary N) is 1. The van der Waals surface area contributed by atoms with E-state index in [1.807, 2.05) is 0 Å². The van der Waals surface area contributed by atoms with Gasteiger partial charge in [-0.1, -0.05) is 17.5 Å². The maximum atomic E-state index is 10.5. The zero-order valence-corrected chi connectivity index (χ0v) is 9.14. The van der Waals surface area contributed by atoms with E-state index in [4.69, 9.17) is 11.6 Å². The van der Waals surface area contributed by atoms with Crippen LogP contribution in [-0.4, -0.2) is 17.4 Å². The molecule has 0 aliphatic rings. The van der Waals surface area contributed by atoms with Crippen molar-refractivity contribution in [1.82, 2.24) is 10.3 Å². The Morgan fingerprint density at radius 1 is 1.67 bits per heavy atom. The second-order valence-electron chi connectivity index (χ2n) is 2.87. The molecule has 1 amide bonds. The van der Waals surface area contributed by atoms with Crippen LogP contribution in [0.4, 0.5) is 0 Å². The van der Waals surface area contributed by atoms with Gasteiger partial charge in [0.25, 0.3) is 0 Å². The highest BCUT2D eigenvalue weighted by atomic mass is 35.5. The molecule has 0 radical (unpaired) electrons. The maximum absolute atomic E-state index is 10.5. The molecule has 0 aliphatic heterocycles. The number of pyridine rings is 1. The van der Waals surface area contributed by atoms with Crippen LogP contribution in [0.3, 0.4) is 0 Å². The summed E-state index contributed by atoms with van der Waals surface area (Å²) in [6, 6.07) is 3.50. The summed E-state index contributed by atoms with van der Waals surface area (Å²) in [6.07, 6.45) is 2.23. The summed E-state index contributed by atoms with van der Waals surface area (Å²) in [7, 11) is 0.